The molecule has 3 aromatic rings. The van der Waals surface area contributed by atoms with Gasteiger partial charge in [0, 0.05) is 31.9 Å². The first kappa shape index (κ1) is 21.3. The number of rotatable bonds is 6. The number of methoxy groups -OCH3 is 1. The number of hydrogen-bond acceptors (Lipinski definition) is 8. The predicted molar refractivity (Wildman–Crippen MR) is 119 cm³/mol. The van der Waals surface area contributed by atoms with Gasteiger partial charge >= 0.3 is 0 Å². The van der Waals surface area contributed by atoms with Crippen LogP contribution in [0.5, 0.6) is 5.75 Å². The van der Waals surface area contributed by atoms with Gasteiger partial charge in [-0.3, -0.25) is 4.79 Å². The molecule has 9 heteroatoms. The van der Waals surface area contributed by atoms with Gasteiger partial charge in [0.25, 0.3) is 11.8 Å². The molecule has 0 N–H and O–H groups in total. The summed E-state index contributed by atoms with van der Waals surface area (Å²) in [6.07, 6.45) is 0. The van der Waals surface area contributed by atoms with Gasteiger partial charge in [0.1, 0.15) is 11.3 Å². The quantitative estimate of drug-likeness (QED) is 0.576. The van der Waals surface area contributed by atoms with Gasteiger partial charge in [0.05, 0.1) is 30.8 Å². The highest BCUT2D eigenvalue weighted by atomic mass is 32.1. The molecule has 0 unspecified atom stereocenters. The van der Waals surface area contributed by atoms with Crippen LogP contribution in [0.1, 0.15) is 30.1 Å². The van der Waals surface area contributed by atoms with E-state index in [9.17, 15) is 4.79 Å². The van der Waals surface area contributed by atoms with Crippen LogP contribution >= 0.6 is 11.3 Å². The summed E-state index contributed by atoms with van der Waals surface area (Å²) in [7, 11) is 3.30. The fourth-order valence-electron chi connectivity index (χ4n) is 3.42. The van der Waals surface area contributed by atoms with Crippen molar-refractivity contribution >= 4 is 22.9 Å². The highest BCUT2D eigenvalue weighted by molar-refractivity contribution is 7.13. The van der Waals surface area contributed by atoms with Crippen molar-refractivity contribution in [2.45, 2.75) is 19.4 Å². The molecule has 2 aromatic heterocycles. The van der Waals surface area contributed by atoms with Gasteiger partial charge in [-0.15, -0.1) is 21.5 Å². The van der Waals surface area contributed by atoms with E-state index < -0.39 is 5.54 Å². The van der Waals surface area contributed by atoms with Crippen molar-refractivity contribution in [3.8, 4) is 16.5 Å². The zero-order valence-corrected chi connectivity index (χ0v) is 18.9. The minimum absolute atomic E-state index is 0.189. The maximum absolute atomic E-state index is 13.4. The van der Waals surface area contributed by atoms with Crippen molar-refractivity contribution in [2.75, 3.05) is 45.4 Å². The van der Waals surface area contributed by atoms with Crippen LogP contribution in [0.15, 0.2) is 40.1 Å². The molecule has 1 fully saturated rings. The summed E-state index contributed by atoms with van der Waals surface area (Å²) in [6, 6.07) is 9.51. The van der Waals surface area contributed by atoms with Crippen LogP contribution in [-0.4, -0.2) is 61.5 Å². The molecule has 1 aromatic carbocycles. The zero-order valence-electron chi connectivity index (χ0n) is 18.1. The third-order valence-electron chi connectivity index (χ3n) is 5.62. The van der Waals surface area contributed by atoms with E-state index in [1.807, 2.05) is 49.6 Å². The summed E-state index contributed by atoms with van der Waals surface area (Å²) < 4.78 is 16.9. The number of carbonyl (C=O) groups is 1. The Hall–Kier alpha value is -2.91. The second-order valence-electron chi connectivity index (χ2n) is 7.80. The second kappa shape index (κ2) is 8.68. The number of benzene rings is 1. The summed E-state index contributed by atoms with van der Waals surface area (Å²) in [5, 5.41) is 10.3. The third-order valence-corrected chi connectivity index (χ3v) is 6.47. The lowest BCUT2D eigenvalue weighted by atomic mass is 10.0. The summed E-state index contributed by atoms with van der Waals surface area (Å²) in [5.74, 6) is 1.16. The number of hydrogen-bond donors (Lipinski definition) is 0. The van der Waals surface area contributed by atoms with Crippen LogP contribution < -0.4 is 9.64 Å². The first-order valence-corrected chi connectivity index (χ1v) is 11.0. The van der Waals surface area contributed by atoms with Gasteiger partial charge in [-0.25, -0.2) is 0 Å². The van der Waals surface area contributed by atoms with E-state index in [-0.39, 0.29) is 5.91 Å². The van der Waals surface area contributed by atoms with Crippen molar-refractivity contribution in [2.24, 2.45) is 0 Å². The van der Waals surface area contributed by atoms with E-state index in [2.05, 4.69) is 15.1 Å². The Morgan fingerprint density at radius 3 is 2.68 bits per heavy atom. The molecule has 31 heavy (non-hydrogen) atoms. The summed E-state index contributed by atoms with van der Waals surface area (Å²) in [4.78, 5) is 18.1. The molecule has 0 atom stereocenters. The Bertz CT molecular complexity index is 1040. The summed E-state index contributed by atoms with van der Waals surface area (Å²) >= 11 is 1.52. The number of amides is 1. The van der Waals surface area contributed by atoms with Crippen molar-refractivity contribution < 1.29 is 18.7 Å². The molecule has 164 valence electrons. The van der Waals surface area contributed by atoms with Gasteiger partial charge < -0.3 is 23.7 Å². The van der Waals surface area contributed by atoms with E-state index >= 15 is 0 Å². The standard InChI is InChI=1S/C22H26N4O4S/c1-22(2,21-24-23-19(30-21)18-6-5-13-31-18)25(3)20(27)16-8-7-15(14-17(16)28-4)26-9-11-29-12-10-26/h5-8,13-14H,9-12H2,1-4H3. The molecular weight excluding hydrogens is 416 g/mol. The highest BCUT2D eigenvalue weighted by Gasteiger charge is 2.36. The Morgan fingerprint density at radius 2 is 2.00 bits per heavy atom. The molecule has 0 saturated carbocycles. The normalized spacial score (nSPS) is 14.5. The number of aromatic nitrogens is 2. The first-order chi connectivity index (χ1) is 14.9. The largest absolute Gasteiger partial charge is 0.496 e. The monoisotopic (exact) mass is 442 g/mol. The molecule has 1 saturated heterocycles. The van der Waals surface area contributed by atoms with Gasteiger partial charge in [-0.05, 0) is 37.4 Å². The Kier molecular flexibility index (Phi) is 5.97. The molecular formula is C22H26N4O4S. The molecule has 1 aliphatic rings. The van der Waals surface area contributed by atoms with E-state index in [0.717, 1.165) is 23.7 Å². The molecule has 1 amide bonds. The number of carbonyl (C=O) groups excluding carboxylic acids is 1. The smallest absolute Gasteiger partial charge is 0.258 e. The molecule has 4 rings (SSSR count). The summed E-state index contributed by atoms with van der Waals surface area (Å²) in [5.41, 5.74) is 0.678. The zero-order chi connectivity index (χ0) is 22.0. The van der Waals surface area contributed by atoms with Gasteiger partial charge in [-0.1, -0.05) is 6.07 Å². The SMILES string of the molecule is COc1cc(N2CCOCC2)ccc1C(=O)N(C)C(C)(C)c1nnc(-c2cccs2)o1. The number of ether oxygens (including phenoxy) is 2. The van der Waals surface area contributed by atoms with Crippen LogP contribution in [0.3, 0.4) is 0 Å². The number of anilines is 1. The molecule has 8 nitrogen and oxygen atoms in total. The fraction of sp³-hybridized carbons (Fsp3) is 0.409. The van der Waals surface area contributed by atoms with Crippen LogP contribution in [0, 0.1) is 0 Å². The minimum atomic E-state index is -0.812. The average molecular weight is 443 g/mol. The van der Waals surface area contributed by atoms with E-state index in [0.29, 0.717) is 36.3 Å². The lowest BCUT2D eigenvalue weighted by molar-refractivity contribution is 0.0565. The maximum Gasteiger partial charge on any atom is 0.258 e. The predicted octanol–water partition coefficient (Wildman–Crippen LogP) is 3.65. The highest BCUT2D eigenvalue weighted by Crippen LogP contribution is 2.33. The van der Waals surface area contributed by atoms with E-state index in [1.54, 1.807) is 19.1 Å². The molecule has 0 bridgehead atoms. The molecule has 0 spiro atoms. The minimum Gasteiger partial charge on any atom is -0.496 e. The Balaban J connectivity index is 1.58. The van der Waals surface area contributed by atoms with Crippen LogP contribution in [0.2, 0.25) is 0 Å². The number of thiophene rings is 1. The van der Waals surface area contributed by atoms with E-state index in [1.165, 1.54) is 11.3 Å². The molecule has 1 aliphatic heterocycles. The molecule has 0 radical (unpaired) electrons. The fourth-order valence-corrected chi connectivity index (χ4v) is 4.07. The van der Waals surface area contributed by atoms with Crippen LogP contribution in [0.25, 0.3) is 10.8 Å². The van der Waals surface area contributed by atoms with Crippen molar-refractivity contribution in [3.63, 3.8) is 0 Å². The van der Waals surface area contributed by atoms with Crippen molar-refractivity contribution in [1.82, 2.24) is 15.1 Å². The lowest BCUT2D eigenvalue weighted by Crippen LogP contribution is -2.43. The third kappa shape index (κ3) is 4.15. The van der Waals surface area contributed by atoms with Crippen molar-refractivity contribution in [3.05, 3.63) is 47.2 Å². The topological polar surface area (TPSA) is 80.9 Å². The van der Waals surface area contributed by atoms with Crippen LogP contribution in [-0.2, 0) is 10.3 Å². The van der Waals surface area contributed by atoms with E-state index in [4.69, 9.17) is 13.9 Å². The first-order valence-electron chi connectivity index (χ1n) is 10.1. The van der Waals surface area contributed by atoms with Crippen molar-refractivity contribution in [1.29, 1.82) is 0 Å². The Morgan fingerprint density at radius 1 is 1.23 bits per heavy atom. The number of morpholine rings is 1. The van der Waals surface area contributed by atoms with Gasteiger partial charge in [0.15, 0.2) is 0 Å². The average Bonchev–Trinajstić information content (AvgIpc) is 3.50. The maximum atomic E-state index is 13.4. The molecule has 0 aliphatic carbocycles. The Labute approximate surface area is 185 Å². The van der Waals surface area contributed by atoms with Crippen LogP contribution in [0.4, 0.5) is 5.69 Å². The van der Waals surface area contributed by atoms with Gasteiger partial charge in [0.2, 0.25) is 5.89 Å². The lowest BCUT2D eigenvalue weighted by Gasteiger charge is -2.33. The summed E-state index contributed by atoms with van der Waals surface area (Å²) in [6.45, 7) is 6.77. The van der Waals surface area contributed by atoms with Gasteiger partial charge in [-0.2, -0.15) is 0 Å². The molecule has 3 heterocycles. The second-order valence-corrected chi connectivity index (χ2v) is 8.74. The number of nitrogens with zero attached hydrogens (tertiary/aromatic N) is 4.